The highest BCUT2D eigenvalue weighted by Gasteiger charge is 2.30. The van der Waals surface area contributed by atoms with Crippen LogP contribution in [0.25, 0.3) is 11.3 Å². The number of carbonyl (C=O) groups is 3. The van der Waals surface area contributed by atoms with Gasteiger partial charge in [-0.15, -0.1) is 0 Å². The Morgan fingerprint density at radius 3 is 2.65 bits per heavy atom. The largest absolute Gasteiger partial charge is 0.450 e. The molecule has 1 atom stereocenters. The Bertz CT molecular complexity index is 1140. The number of ether oxygens (including phenoxy) is 1. The van der Waals surface area contributed by atoms with E-state index in [1.54, 1.807) is 37.3 Å². The summed E-state index contributed by atoms with van der Waals surface area (Å²) in [4.78, 5) is 38.7. The summed E-state index contributed by atoms with van der Waals surface area (Å²) in [5, 5.41) is 2.77. The number of esters is 1. The number of benzene rings is 2. The quantitative estimate of drug-likeness (QED) is 0.642. The van der Waals surface area contributed by atoms with Crippen LogP contribution in [0.5, 0.6) is 0 Å². The standard InChI is InChI=1S/C23H19FN2O5/c1-14-12-21(27)25-17-4-2-3-5-18(17)26(14)22(28)13-30-23(29)20-11-10-19(31-20)15-6-8-16(24)9-7-15/h2-11,14H,12-13H2,1H3,(H,25,27). The second-order valence-electron chi connectivity index (χ2n) is 7.13. The van der Waals surface area contributed by atoms with Gasteiger partial charge in [0.25, 0.3) is 5.91 Å². The van der Waals surface area contributed by atoms with Gasteiger partial charge in [-0.05, 0) is 55.5 Å². The van der Waals surface area contributed by atoms with Crippen LogP contribution < -0.4 is 10.2 Å². The Kier molecular flexibility index (Phi) is 5.53. The maximum atomic E-state index is 13.1. The fraction of sp³-hybridized carbons (Fsp3) is 0.174. The summed E-state index contributed by atoms with van der Waals surface area (Å²) < 4.78 is 23.7. The summed E-state index contributed by atoms with van der Waals surface area (Å²) in [5.41, 5.74) is 1.66. The number of fused-ring (bicyclic) bond motifs is 1. The number of furan rings is 1. The molecular formula is C23H19FN2O5. The summed E-state index contributed by atoms with van der Waals surface area (Å²) >= 11 is 0. The van der Waals surface area contributed by atoms with E-state index in [2.05, 4.69) is 5.32 Å². The van der Waals surface area contributed by atoms with Crippen molar-refractivity contribution in [2.45, 2.75) is 19.4 Å². The molecule has 2 aromatic carbocycles. The van der Waals surface area contributed by atoms with Gasteiger partial charge in [0, 0.05) is 18.0 Å². The molecule has 0 bridgehead atoms. The highest BCUT2D eigenvalue weighted by atomic mass is 19.1. The number of para-hydroxylation sites is 2. The minimum atomic E-state index is -0.799. The SMILES string of the molecule is CC1CC(=O)Nc2ccccc2N1C(=O)COC(=O)c1ccc(-c2ccc(F)cc2)o1. The Labute approximate surface area is 177 Å². The van der Waals surface area contributed by atoms with Gasteiger partial charge in [-0.3, -0.25) is 9.59 Å². The van der Waals surface area contributed by atoms with Crippen molar-refractivity contribution in [1.82, 2.24) is 0 Å². The smallest absolute Gasteiger partial charge is 0.374 e. The minimum absolute atomic E-state index is 0.0757. The van der Waals surface area contributed by atoms with Crippen LogP contribution in [0.1, 0.15) is 23.9 Å². The summed E-state index contributed by atoms with van der Waals surface area (Å²) in [7, 11) is 0. The predicted octanol–water partition coefficient (Wildman–Crippen LogP) is 4.01. The molecule has 4 rings (SSSR count). The predicted molar refractivity (Wildman–Crippen MR) is 111 cm³/mol. The summed E-state index contributed by atoms with van der Waals surface area (Å²) in [6.45, 7) is 1.24. The van der Waals surface area contributed by atoms with Crippen LogP contribution in [0.3, 0.4) is 0 Å². The first-order valence-electron chi connectivity index (χ1n) is 9.66. The molecule has 2 heterocycles. The summed E-state index contributed by atoms with van der Waals surface area (Å²) in [5.74, 6) is -1.54. The van der Waals surface area contributed by atoms with Crippen LogP contribution in [0, 0.1) is 5.82 Å². The van der Waals surface area contributed by atoms with Crippen molar-refractivity contribution in [3.05, 3.63) is 72.2 Å². The lowest BCUT2D eigenvalue weighted by Crippen LogP contribution is -2.41. The van der Waals surface area contributed by atoms with E-state index in [0.717, 1.165) is 0 Å². The van der Waals surface area contributed by atoms with E-state index < -0.39 is 24.5 Å². The normalized spacial score (nSPS) is 15.6. The van der Waals surface area contributed by atoms with Crippen molar-refractivity contribution in [2.75, 3.05) is 16.8 Å². The van der Waals surface area contributed by atoms with Gasteiger partial charge in [0.05, 0.1) is 11.4 Å². The van der Waals surface area contributed by atoms with E-state index in [-0.39, 0.29) is 23.9 Å². The topological polar surface area (TPSA) is 88.9 Å². The average molecular weight is 422 g/mol. The van der Waals surface area contributed by atoms with E-state index in [9.17, 15) is 18.8 Å². The van der Waals surface area contributed by atoms with Crippen LogP contribution in [-0.2, 0) is 14.3 Å². The number of nitrogens with zero attached hydrogens (tertiary/aromatic N) is 1. The lowest BCUT2D eigenvalue weighted by atomic mass is 10.1. The zero-order chi connectivity index (χ0) is 22.0. The molecule has 31 heavy (non-hydrogen) atoms. The lowest BCUT2D eigenvalue weighted by molar-refractivity contribution is -0.122. The molecule has 0 spiro atoms. The Hall–Kier alpha value is -3.94. The fourth-order valence-electron chi connectivity index (χ4n) is 3.45. The number of carbonyl (C=O) groups excluding carboxylic acids is 3. The molecule has 1 aliphatic rings. The van der Waals surface area contributed by atoms with Gasteiger partial charge >= 0.3 is 5.97 Å². The van der Waals surface area contributed by atoms with E-state index in [1.165, 1.54) is 35.2 Å². The van der Waals surface area contributed by atoms with Crippen molar-refractivity contribution in [3.8, 4) is 11.3 Å². The van der Waals surface area contributed by atoms with Crippen molar-refractivity contribution < 1.29 is 27.9 Å². The molecule has 8 heteroatoms. The second kappa shape index (κ2) is 8.43. The van der Waals surface area contributed by atoms with E-state index in [4.69, 9.17) is 9.15 Å². The van der Waals surface area contributed by atoms with Gasteiger partial charge in [0.15, 0.2) is 6.61 Å². The third kappa shape index (κ3) is 4.32. The van der Waals surface area contributed by atoms with Gasteiger partial charge in [0.1, 0.15) is 11.6 Å². The molecule has 3 aromatic rings. The van der Waals surface area contributed by atoms with Crippen molar-refractivity contribution in [2.24, 2.45) is 0 Å². The summed E-state index contributed by atoms with van der Waals surface area (Å²) in [6, 6.07) is 15.2. The molecule has 158 valence electrons. The first-order chi connectivity index (χ1) is 14.9. The fourth-order valence-corrected chi connectivity index (χ4v) is 3.45. The van der Waals surface area contributed by atoms with Gasteiger partial charge < -0.3 is 19.4 Å². The highest BCUT2D eigenvalue weighted by molar-refractivity contribution is 6.05. The van der Waals surface area contributed by atoms with Crippen LogP contribution >= 0.6 is 0 Å². The Morgan fingerprint density at radius 1 is 1.13 bits per heavy atom. The Morgan fingerprint density at radius 2 is 1.87 bits per heavy atom. The minimum Gasteiger partial charge on any atom is -0.450 e. The van der Waals surface area contributed by atoms with Gasteiger partial charge in [-0.1, -0.05) is 12.1 Å². The van der Waals surface area contributed by atoms with E-state index in [1.807, 2.05) is 0 Å². The number of halogens is 1. The van der Waals surface area contributed by atoms with Gasteiger partial charge in [-0.2, -0.15) is 0 Å². The maximum Gasteiger partial charge on any atom is 0.374 e. The first kappa shape index (κ1) is 20.3. The van der Waals surface area contributed by atoms with Crippen LogP contribution in [0.15, 0.2) is 65.1 Å². The molecule has 0 saturated carbocycles. The average Bonchev–Trinajstić information content (AvgIpc) is 3.19. The second-order valence-corrected chi connectivity index (χ2v) is 7.13. The van der Waals surface area contributed by atoms with Crippen LogP contribution in [0.4, 0.5) is 15.8 Å². The molecule has 1 N–H and O–H groups in total. The van der Waals surface area contributed by atoms with Gasteiger partial charge in [0.2, 0.25) is 11.7 Å². The molecule has 0 aliphatic carbocycles. The molecule has 2 amide bonds. The molecule has 1 aromatic heterocycles. The molecule has 1 unspecified atom stereocenters. The number of hydrogen-bond acceptors (Lipinski definition) is 5. The molecule has 1 aliphatic heterocycles. The Balaban J connectivity index is 1.45. The molecule has 0 saturated heterocycles. The van der Waals surface area contributed by atoms with Crippen molar-refractivity contribution in [1.29, 1.82) is 0 Å². The van der Waals surface area contributed by atoms with Crippen molar-refractivity contribution >= 4 is 29.2 Å². The number of amides is 2. The first-order valence-corrected chi connectivity index (χ1v) is 9.66. The molecule has 0 fully saturated rings. The lowest BCUT2D eigenvalue weighted by Gasteiger charge is -2.27. The molecule has 0 radical (unpaired) electrons. The number of anilines is 2. The zero-order valence-corrected chi connectivity index (χ0v) is 16.6. The van der Waals surface area contributed by atoms with Crippen molar-refractivity contribution in [3.63, 3.8) is 0 Å². The van der Waals surface area contributed by atoms with E-state index in [0.29, 0.717) is 22.7 Å². The molecule has 7 nitrogen and oxygen atoms in total. The summed E-state index contributed by atoms with van der Waals surface area (Å²) in [6.07, 6.45) is 0.119. The highest BCUT2D eigenvalue weighted by Crippen LogP contribution is 2.31. The number of nitrogens with one attached hydrogen (secondary N) is 1. The van der Waals surface area contributed by atoms with Gasteiger partial charge in [-0.25, -0.2) is 9.18 Å². The number of rotatable bonds is 4. The number of hydrogen-bond donors (Lipinski definition) is 1. The third-order valence-electron chi connectivity index (χ3n) is 4.89. The van der Waals surface area contributed by atoms with Crippen LogP contribution in [-0.4, -0.2) is 30.4 Å². The maximum absolute atomic E-state index is 13.1. The molecular weight excluding hydrogens is 403 g/mol. The van der Waals surface area contributed by atoms with Crippen LogP contribution in [0.2, 0.25) is 0 Å². The van der Waals surface area contributed by atoms with E-state index >= 15 is 0 Å². The third-order valence-corrected chi connectivity index (χ3v) is 4.89. The monoisotopic (exact) mass is 422 g/mol. The zero-order valence-electron chi connectivity index (χ0n) is 16.6.